The van der Waals surface area contributed by atoms with Crippen molar-refractivity contribution in [3.8, 4) is 5.75 Å². The standard InChI is InChI=1S/C14H15NO3/c1-3-6-18-10-4-5-13-11(7-10)9(2)12(8-15-13)14(16)17/h4-5,7-8H,3,6H2,1-2H3,(H,16,17). The fraction of sp³-hybridized carbons (Fsp3) is 0.286. The van der Waals surface area contributed by atoms with Gasteiger partial charge in [-0.05, 0) is 37.1 Å². The van der Waals surface area contributed by atoms with Gasteiger partial charge in [0, 0.05) is 11.6 Å². The summed E-state index contributed by atoms with van der Waals surface area (Å²) >= 11 is 0. The van der Waals surface area contributed by atoms with Crippen LogP contribution in [0.2, 0.25) is 0 Å². The molecule has 0 radical (unpaired) electrons. The zero-order chi connectivity index (χ0) is 13.1. The minimum absolute atomic E-state index is 0.232. The SMILES string of the molecule is CCCOc1ccc2ncc(C(=O)O)c(C)c2c1. The highest BCUT2D eigenvalue weighted by atomic mass is 16.5. The molecule has 0 spiro atoms. The number of carboxylic acids is 1. The zero-order valence-corrected chi connectivity index (χ0v) is 10.4. The Balaban J connectivity index is 2.52. The molecule has 0 fully saturated rings. The molecule has 1 aromatic carbocycles. The molecule has 0 amide bonds. The fourth-order valence-electron chi connectivity index (χ4n) is 1.83. The average molecular weight is 245 g/mol. The van der Waals surface area contributed by atoms with Crippen molar-refractivity contribution in [1.29, 1.82) is 0 Å². The van der Waals surface area contributed by atoms with Gasteiger partial charge in [0.15, 0.2) is 0 Å². The Morgan fingerprint density at radius 1 is 1.44 bits per heavy atom. The second-order valence-electron chi connectivity index (χ2n) is 4.13. The summed E-state index contributed by atoms with van der Waals surface area (Å²) in [6.07, 6.45) is 2.33. The summed E-state index contributed by atoms with van der Waals surface area (Å²) < 4.78 is 5.54. The first-order valence-electron chi connectivity index (χ1n) is 5.89. The van der Waals surface area contributed by atoms with E-state index in [0.717, 1.165) is 28.6 Å². The number of benzene rings is 1. The molecular formula is C14H15NO3. The van der Waals surface area contributed by atoms with Crippen molar-refractivity contribution in [1.82, 2.24) is 4.98 Å². The molecular weight excluding hydrogens is 230 g/mol. The highest BCUT2D eigenvalue weighted by molar-refractivity contribution is 5.96. The molecule has 18 heavy (non-hydrogen) atoms. The maximum absolute atomic E-state index is 11.1. The van der Waals surface area contributed by atoms with Gasteiger partial charge in [-0.25, -0.2) is 4.79 Å². The Kier molecular flexibility index (Phi) is 3.46. The van der Waals surface area contributed by atoms with Crippen molar-refractivity contribution in [2.75, 3.05) is 6.61 Å². The van der Waals surface area contributed by atoms with E-state index < -0.39 is 5.97 Å². The van der Waals surface area contributed by atoms with Gasteiger partial charge >= 0.3 is 5.97 Å². The van der Waals surface area contributed by atoms with Crippen LogP contribution >= 0.6 is 0 Å². The van der Waals surface area contributed by atoms with Gasteiger partial charge in [0.1, 0.15) is 5.75 Å². The molecule has 4 nitrogen and oxygen atoms in total. The summed E-state index contributed by atoms with van der Waals surface area (Å²) in [7, 11) is 0. The van der Waals surface area contributed by atoms with Gasteiger partial charge in [-0.1, -0.05) is 6.92 Å². The summed E-state index contributed by atoms with van der Waals surface area (Å²) in [4.78, 5) is 15.2. The highest BCUT2D eigenvalue weighted by Crippen LogP contribution is 2.24. The normalized spacial score (nSPS) is 10.6. The quantitative estimate of drug-likeness (QED) is 0.899. The molecule has 0 aliphatic rings. The van der Waals surface area contributed by atoms with Gasteiger partial charge in [-0.3, -0.25) is 4.98 Å². The van der Waals surface area contributed by atoms with Crippen LogP contribution in [0.15, 0.2) is 24.4 Å². The van der Waals surface area contributed by atoms with Crippen molar-refractivity contribution in [2.24, 2.45) is 0 Å². The summed E-state index contributed by atoms with van der Waals surface area (Å²) in [5.41, 5.74) is 1.73. The molecule has 0 unspecified atom stereocenters. The smallest absolute Gasteiger partial charge is 0.337 e. The number of carbonyl (C=O) groups is 1. The van der Waals surface area contributed by atoms with E-state index in [0.29, 0.717) is 6.61 Å². The van der Waals surface area contributed by atoms with Crippen molar-refractivity contribution in [2.45, 2.75) is 20.3 Å². The van der Waals surface area contributed by atoms with Crippen LogP contribution in [-0.4, -0.2) is 22.7 Å². The summed E-state index contributed by atoms with van der Waals surface area (Å²) in [5.74, 6) is -0.210. The second-order valence-corrected chi connectivity index (χ2v) is 4.13. The van der Waals surface area contributed by atoms with E-state index in [1.807, 2.05) is 25.1 Å². The van der Waals surface area contributed by atoms with Crippen LogP contribution in [0.5, 0.6) is 5.75 Å². The number of pyridine rings is 1. The topological polar surface area (TPSA) is 59.4 Å². The van der Waals surface area contributed by atoms with Crippen LogP contribution in [0.4, 0.5) is 0 Å². The molecule has 0 saturated heterocycles. The molecule has 1 N–H and O–H groups in total. The number of carboxylic acid groups (broad SMARTS) is 1. The molecule has 0 saturated carbocycles. The predicted octanol–water partition coefficient (Wildman–Crippen LogP) is 3.03. The van der Waals surface area contributed by atoms with Crippen molar-refractivity contribution in [3.05, 3.63) is 35.5 Å². The van der Waals surface area contributed by atoms with E-state index in [1.165, 1.54) is 6.20 Å². The summed E-state index contributed by atoms with van der Waals surface area (Å²) in [6.45, 7) is 4.48. The largest absolute Gasteiger partial charge is 0.494 e. The molecule has 0 aliphatic heterocycles. The number of hydrogen-bond acceptors (Lipinski definition) is 3. The maximum atomic E-state index is 11.1. The van der Waals surface area contributed by atoms with Crippen molar-refractivity contribution in [3.63, 3.8) is 0 Å². The van der Waals surface area contributed by atoms with Gasteiger partial charge in [0.2, 0.25) is 0 Å². The van der Waals surface area contributed by atoms with Crippen molar-refractivity contribution < 1.29 is 14.6 Å². The van der Waals surface area contributed by atoms with Gasteiger partial charge in [0.05, 0.1) is 17.7 Å². The number of ether oxygens (including phenoxy) is 1. The Labute approximate surface area is 105 Å². The Morgan fingerprint density at radius 3 is 2.89 bits per heavy atom. The summed E-state index contributed by atoms with van der Waals surface area (Å²) in [6, 6.07) is 5.55. The molecule has 2 rings (SSSR count). The third-order valence-corrected chi connectivity index (χ3v) is 2.81. The lowest BCUT2D eigenvalue weighted by molar-refractivity contribution is 0.0696. The van der Waals surface area contributed by atoms with Gasteiger partial charge in [0.25, 0.3) is 0 Å². The zero-order valence-electron chi connectivity index (χ0n) is 10.4. The maximum Gasteiger partial charge on any atom is 0.337 e. The van der Waals surface area contributed by atoms with E-state index in [4.69, 9.17) is 9.84 Å². The Hall–Kier alpha value is -2.10. The first kappa shape index (κ1) is 12.4. The molecule has 2 aromatic rings. The van der Waals surface area contributed by atoms with E-state index in [1.54, 1.807) is 6.92 Å². The van der Waals surface area contributed by atoms with E-state index in [-0.39, 0.29) is 5.56 Å². The third-order valence-electron chi connectivity index (χ3n) is 2.81. The lowest BCUT2D eigenvalue weighted by Crippen LogP contribution is -2.02. The number of nitrogens with zero attached hydrogens (tertiary/aromatic N) is 1. The van der Waals surface area contributed by atoms with Crippen LogP contribution < -0.4 is 4.74 Å². The number of aryl methyl sites for hydroxylation is 1. The first-order valence-corrected chi connectivity index (χ1v) is 5.89. The number of rotatable bonds is 4. The number of aromatic carboxylic acids is 1. The van der Waals surface area contributed by atoms with E-state index >= 15 is 0 Å². The summed E-state index contributed by atoms with van der Waals surface area (Å²) in [5, 5.41) is 9.89. The Bertz CT molecular complexity index is 593. The van der Waals surface area contributed by atoms with Gasteiger partial charge in [-0.2, -0.15) is 0 Å². The third kappa shape index (κ3) is 2.27. The number of hydrogen-bond donors (Lipinski definition) is 1. The van der Waals surface area contributed by atoms with E-state index in [2.05, 4.69) is 4.98 Å². The minimum atomic E-state index is -0.957. The average Bonchev–Trinajstić information content (AvgIpc) is 2.36. The molecule has 4 heteroatoms. The minimum Gasteiger partial charge on any atom is -0.494 e. The molecule has 1 aromatic heterocycles. The van der Waals surface area contributed by atoms with Crippen LogP contribution in [0, 0.1) is 6.92 Å². The first-order chi connectivity index (χ1) is 8.63. The van der Waals surface area contributed by atoms with Gasteiger partial charge in [-0.15, -0.1) is 0 Å². The van der Waals surface area contributed by atoms with Crippen LogP contribution in [0.25, 0.3) is 10.9 Å². The predicted molar refractivity (Wildman–Crippen MR) is 69.2 cm³/mol. The molecule has 94 valence electrons. The highest BCUT2D eigenvalue weighted by Gasteiger charge is 2.11. The number of aromatic nitrogens is 1. The molecule has 0 atom stereocenters. The van der Waals surface area contributed by atoms with Gasteiger partial charge < -0.3 is 9.84 Å². The molecule has 0 aliphatic carbocycles. The molecule has 1 heterocycles. The lowest BCUT2D eigenvalue weighted by atomic mass is 10.1. The van der Waals surface area contributed by atoms with Crippen LogP contribution in [0.3, 0.4) is 0 Å². The molecule has 0 bridgehead atoms. The van der Waals surface area contributed by atoms with Crippen LogP contribution in [-0.2, 0) is 0 Å². The van der Waals surface area contributed by atoms with Crippen molar-refractivity contribution >= 4 is 16.9 Å². The monoisotopic (exact) mass is 245 g/mol. The van der Waals surface area contributed by atoms with E-state index in [9.17, 15) is 4.79 Å². The lowest BCUT2D eigenvalue weighted by Gasteiger charge is -2.08. The second kappa shape index (κ2) is 5.04. The number of fused-ring (bicyclic) bond motifs is 1. The van der Waals surface area contributed by atoms with Crippen LogP contribution in [0.1, 0.15) is 29.3 Å². The Morgan fingerprint density at radius 2 is 2.22 bits per heavy atom. The fourth-order valence-corrected chi connectivity index (χ4v) is 1.83.